The van der Waals surface area contributed by atoms with Gasteiger partial charge in [0.25, 0.3) is 0 Å². The van der Waals surface area contributed by atoms with Crippen LogP contribution in [0.1, 0.15) is 58.4 Å². The minimum absolute atomic E-state index is 0.138. The van der Waals surface area contributed by atoms with Gasteiger partial charge >= 0.3 is 5.97 Å². The smallest absolute Gasteiger partial charge is 0.313 e. The molecule has 2 rings (SSSR count). The summed E-state index contributed by atoms with van der Waals surface area (Å²) in [6.07, 6.45) is 9.44. The first-order valence-electron chi connectivity index (χ1n) is 9.86. The number of aromatic nitrogens is 2. The first kappa shape index (κ1) is 21.0. The van der Waals surface area contributed by atoms with Gasteiger partial charge in [-0.3, -0.25) is 4.79 Å². The number of carbonyl (C=O) groups is 1. The van der Waals surface area contributed by atoms with Crippen LogP contribution >= 0.6 is 0 Å². The van der Waals surface area contributed by atoms with Crippen LogP contribution in [0, 0.1) is 0 Å². The molecule has 0 spiro atoms. The van der Waals surface area contributed by atoms with Crippen molar-refractivity contribution < 1.29 is 14.3 Å². The van der Waals surface area contributed by atoms with Crippen LogP contribution in [0.4, 0.5) is 0 Å². The van der Waals surface area contributed by atoms with E-state index < -0.39 is 0 Å². The minimum Gasteiger partial charge on any atom is -0.426 e. The van der Waals surface area contributed by atoms with E-state index in [9.17, 15) is 4.79 Å². The average Bonchev–Trinajstić information content (AvgIpc) is 2.68. The third-order valence-electron chi connectivity index (χ3n) is 4.18. The number of esters is 1. The van der Waals surface area contributed by atoms with Gasteiger partial charge in [-0.25, -0.2) is 9.97 Å². The van der Waals surface area contributed by atoms with E-state index in [4.69, 9.17) is 9.47 Å². The minimum atomic E-state index is -0.293. The molecular weight excluding hydrogens is 340 g/mol. The van der Waals surface area contributed by atoms with Gasteiger partial charge in [0.2, 0.25) is 0 Å². The highest BCUT2D eigenvalue weighted by atomic mass is 16.5. The van der Waals surface area contributed by atoms with Crippen molar-refractivity contribution in [1.82, 2.24) is 9.97 Å². The number of aryl methyl sites for hydroxylation is 1. The van der Waals surface area contributed by atoms with E-state index in [0.29, 0.717) is 18.2 Å². The summed E-state index contributed by atoms with van der Waals surface area (Å²) < 4.78 is 10.9. The Balaban J connectivity index is 1.88. The second-order valence-corrected chi connectivity index (χ2v) is 6.76. The first-order valence-corrected chi connectivity index (χ1v) is 9.86. The van der Waals surface area contributed by atoms with E-state index in [1.54, 1.807) is 12.1 Å². The molecule has 5 nitrogen and oxygen atoms in total. The lowest BCUT2D eigenvalue weighted by Crippen LogP contribution is -2.18. The van der Waals surface area contributed by atoms with Crippen LogP contribution in [-0.4, -0.2) is 28.6 Å². The number of unbranched alkanes of at least 4 members (excludes halogenated alkanes) is 2. The predicted molar refractivity (Wildman–Crippen MR) is 107 cm³/mol. The highest BCUT2D eigenvalue weighted by Gasteiger charge is 2.12. The van der Waals surface area contributed by atoms with E-state index in [-0.39, 0.29) is 18.5 Å². The van der Waals surface area contributed by atoms with Crippen molar-refractivity contribution in [3.8, 4) is 17.1 Å². The average molecular weight is 370 g/mol. The summed E-state index contributed by atoms with van der Waals surface area (Å²) in [5.41, 5.74) is 2.06. The zero-order valence-electron chi connectivity index (χ0n) is 16.6. The lowest BCUT2D eigenvalue weighted by atomic mass is 10.1. The summed E-state index contributed by atoms with van der Waals surface area (Å²) in [6, 6.07) is 7.27. The van der Waals surface area contributed by atoms with E-state index in [1.165, 1.54) is 19.3 Å². The number of carbonyl (C=O) groups excluding carboxylic acids is 1. The maximum atomic E-state index is 12.0. The zero-order chi connectivity index (χ0) is 19.5. The lowest BCUT2D eigenvalue weighted by molar-refractivity contribution is -0.137. The van der Waals surface area contributed by atoms with Gasteiger partial charge in [-0.05, 0) is 56.0 Å². The van der Waals surface area contributed by atoms with Crippen LogP contribution in [0.2, 0.25) is 0 Å². The van der Waals surface area contributed by atoms with E-state index in [2.05, 4.69) is 16.9 Å². The monoisotopic (exact) mass is 370 g/mol. The van der Waals surface area contributed by atoms with Crippen molar-refractivity contribution in [2.75, 3.05) is 6.61 Å². The maximum absolute atomic E-state index is 12.0. The molecule has 0 saturated carbocycles. The number of ether oxygens (including phenoxy) is 2. The number of hydrogen-bond donors (Lipinski definition) is 0. The molecular formula is C22H30N2O3. The molecule has 0 radical (unpaired) electrons. The van der Waals surface area contributed by atoms with Crippen molar-refractivity contribution in [2.45, 2.75) is 65.4 Å². The number of rotatable bonds is 11. The molecule has 2 aromatic rings. The summed E-state index contributed by atoms with van der Waals surface area (Å²) >= 11 is 0. The summed E-state index contributed by atoms with van der Waals surface area (Å²) in [7, 11) is 0. The lowest BCUT2D eigenvalue weighted by Gasteiger charge is -2.11. The molecule has 27 heavy (non-hydrogen) atoms. The summed E-state index contributed by atoms with van der Waals surface area (Å²) in [5, 5.41) is 0. The number of nitrogens with zero attached hydrogens (tertiary/aromatic N) is 2. The molecule has 0 N–H and O–H groups in total. The van der Waals surface area contributed by atoms with E-state index in [0.717, 1.165) is 24.0 Å². The molecule has 0 aliphatic rings. The van der Waals surface area contributed by atoms with Crippen LogP contribution < -0.4 is 4.74 Å². The second kappa shape index (κ2) is 11.4. The molecule has 1 heterocycles. The highest BCUT2D eigenvalue weighted by Crippen LogP contribution is 2.20. The van der Waals surface area contributed by atoms with Gasteiger partial charge in [0, 0.05) is 24.6 Å². The van der Waals surface area contributed by atoms with Crippen molar-refractivity contribution in [3.63, 3.8) is 0 Å². The molecule has 0 fully saturated rings. The number of benzene rings is 1. The van der Waals surface area contributed by atoms with Crippen molar-refractivity contribution >= 4 is 5.97 Å². The third-order valence-corrected chi connectivity index (χ3v) is 4.18. The molecule has 0 aliphatic heterocycles. The predicted octanol–water partition coefficient (Wildman–Crippen LogP) is 4.99. The van der Waals surface area contributed by atoms with Gasteiger partial charge < -0.3 is 9.47 Å². The molecule has 0 amide bonds. The Hall–Kier alpha value is -2.27. The van der Waals surface area contributed by atoms with Crippen molar-refractivity contribution in [3.05, 3.63) is 42.2 Å². The molecule has 0 aliphatic carbocycles. The van der Waals surface area contributed by atoms with Crippen molar-refractivity contribution in [2.24, 2.45) is 0 Å². The molecule has 5 heteroatoms. The Morgan fingerprint density at radius 3 is 2.37 bits per heavy atom. The van der Waals surface area contributed by atoms with E-state index in [1.807, 2.05) is 38.4 Å². The second-order valence-electron chi connectivity index (χ2n) is 6.76. The molecule has 1 aromatic carbocycles. The fourth-order valence-electron chi connectivity index (χ4n) is 2.67. The molecule has 1 aromatic heterocycles. The Morgan fingerprint density at radius 2 is 1.74 bits per heavy atom. The fraction of sp³-hybridized carbons (Fsp3) is 0.500. The van der Waals surface area contributed by atoms with Crippen LogP contribution in [0.3, 0.4) is 0 Å². The van der Waals surface area contributed by atoms with Gasteiger partial charge in [0.05, 0.1) is 12.5 Å². The van der Waals surface area contributed by atoms with Crippen LogP contribution in [0.15, 0.2) is 36.7 Å². The summed E-state index contributed by atoms with van der Waals surface area (Å²) in [4.78, 5) is 20.9. The zero-order valence-corrected chi connectivity index (χ0v) is 16.6. The van der Waals surface area contributed by atoms with Crippen LogP contribution in [-0.2, 0) is 16.0 Å². The van der Waals surface area contributed by atoms with Crippen LogP contribution in [0.25, 0.3) is 11.4 Å². The van der Waals surface area contributed by atoms with E-state index >= 15 is 0 Å². The Kier molecular flexibility index (Phi) is 8.92. The SMILES string of the molecule is CCCCCc1cnc(-c2ccc(OC(=O)CC(C)OCCC)cc2)nc1. The quantitative estimate of drug-likeness (QED) is 0.317. The van der Waals surface area contributed by atoms with Gasteiger partial charge in [-0.15, -0.1) is 0 Å². The standard InChI is InChI=1S/C22H30N2O3/c1-4-6-7-8-18-15-23-22(24-16-18)19-9-11-20(12-10-19)27-21(25)14-17(3)26-13-5-2/h9-12,15-17H,4-8,13-14H2,1-3H3. The molecule has 1 unspecified atom stereocenters. The topological polar surface area (TPSA) is 61.3 Å². The number of hydrogen-bond acceptors (Lipinski definition) is 5. The Morgan fingerprint density at radius 1 is 1.04 bits per heavy atom. The largest absolute Gasteiger partial charge is 0.426 e. The van der Waals surface area contributed by atoms with Gasteiger partial charge in [-0.1, -0.05) is 26.7 Å². The molecule has 0 saturated heterocycles. The van der Waals surface area contributed by atoms with Gasteiger partial charge in [0.15, 0.2) is 5.82 Å². The maximum Gasteiger partial charge on any atom is 0.313 e. The van der Waals surface area contributed by atoms with Gasteiger partial charge in [0.1, 0.15) is 5.75 Å². The molecule has 0 bridgehead atoms. The molecule has 1 atom stereocenters. The van der Waals surface area contributed by atoms with Crippen LogP contribution in [0.5, 0.6) is 5.75 Å². The normalized spacial score (nSPS) is 12.0. The fourth-order valence-corrected chi connectivity index (χ4v) is 2.67. The third kappa shape index (κ3) is 7.47. The molecule has 146 valence electrons. The van der Waals surface area contributed by atoms with Crippen molar-refractivity contribution in [1.29, 1.82) is 0 Å². The summed E-state index contributed by atoms with van der Waals surface area (Å²) in [6.45, 7) is 6.77. The van der Waals surface area contributed by atoms with Gasteiger partial charge in [-0.2, -0.15) is 0 Å². The highest BCUT2D eigenvalue weighted by molar-refractivity contribution is 5.73. The Bertz CT molecular complexity index is 684. The Labute approximate surface area is 162 Å². The summed E-state index contributed by atoms with van der Waals surface area (Å²) in [5.74, 6) is 0.898. The first-order chi connectivity index (χ1) is 13.1.